The molecule has 9 N–H and O–H groups in total. The third-order valence-electron chi connectivity index (χ3n) is 5.53. The van der Waals surface area contributed by atoms with E-state index in [4.69, 9.17) is 23.1 Å². The van der Waals surface area contributed by atoms with E-state index in [1.165, 1.54) is 0 Å². The fraction of sp³-hybridized carbons (Fsp3) is 0.778. The molecule has 11 nitrogen and oxygen atoms in total. The van der Waals surface area contributed by atoms with Gasteiger partial charge in [0.1, 0.15) is 0 Å². The number of piperidine rings is 1. The van der Waals surface area contributed by atoms with Crippen LogP contribution in [-0.2, 0) is 14.4 Å². The lowest BCUT2D eigenvalue weighted by molar-refractivity contribution is -0.139. The Labute approximate surface area is 193 Å². The Hall–Kier alpha value is -1.63. The van der Waals surface area contributed by atoms with Gasteiger partial charge in [0.2, 0.25) is 11.8 Å². The average Bonchev–Trinajstić information content (AvgIpc) is 2.67. The highest BCUT2D eigenvalue weighted by atomic mass is 79.9. The number of halogens is 2. The highest BCUT2D eigenvalue weighted by Gasteiger charge is 2.40. The number of aliphatic carboxylic acids is 1. The van der Waals surface area contributed by atoms with Gasteiger partial charge in [-0.2, -0.15) is 0 Å². The summed E-state index contributed by atoms with van der Waals surface area (Å²) < 4.78 is 0. The molecule has 1 aliphatic heterocycles. The summed E-state index contributed by atoms with van der Waals surface area (Å²) in [4.78, 5) is 39.9. The minimum Gasteiger partial charge on any atom is -0.481 e. The summed E-state index contributed by atoms with van der Waals surface area (Å²) in [5.74, 6) is -2.96. The molecule has 2 aliphatic rings. The fourth-order valence-electron chi connectivity index (χ4n) is 4.08. The number of aliphatic hydroxyl groups excluding tert-OH is 1. The number of amides is 2. The van der Waals surface area contributed by atoms with Gasteiger partial charge in [0.15, 0.2) is 5.96 Å². The minimum atomic E-state index is -1.11. The zero-order valence-corrected chi connectivity index (χ0v) is 19.3. The van der Waals surface area contributed by atoms with E-state index in [1.807, 2.05) is 0 Å². The van der Waals surface area contributed by atoms with Gasteiger partial charge >= 0.3 is 5.97 Å². The van der Waals surface area contributed by atoms with Crippen LogP contribution in [0, 0.1) is 11.8 Å². The standard InChI is InChI=1S/C18H30BrClN6O5/c19-12-3-9(20)2-11(16(12)30)13(4-15(28)29)26-14(27)7-24-17(31)8-1-10(6-23-5-8)25-18(21)22/h8-13,16,23,30H,1-7H2,(H,24,31)(H,26,27)(H,28,29)(H4,21,22,25). The number of hydrogen-bond acceptors (Lipinski definition) is 6. The molecule has 7 atom stereocenters. The molecule has 2 rings (SSSR count). The number of alkyl halides is 2. The number of rotatable bonds is 8. The number of carboxylic acid groups (broad SMARTS) is 1. The van der Waals surface area contributed by atoms with Crippen molar-refractivity contribution >= 4 is 51.3 Å². The van der Waals surface area contributed by atoms with E-state index in [9.17, 15) is 24.6 Å². The maximum Gasteiger partial charge on any atom is 0.305 e. The van der Waals surface area contributed by atoms with Gasteiger partial charge in [-0.05, 0) is 19.3 Å². The third kappa shape index (κ3) is 8.09. The van der Waals surface area contributed by atoms with E-state index in [0.717, 1.165) is 0 Å². The van der Waals surface area contributed by atoms with Crippen LogP contribution in [-0.4, -0.2) is 82.0 Å². The molecule has 13 heteroatoms. The summed E-state index contributed by atoms with van der Waals surface area (Å²) in [6, 6.07) is -1.04. The van der Waals surface area contributed by atoms with Crippen LogP contribution in [0.5, 0.6) is 0 Å². The second kappa shape index (κ2) is 11.8. The first-order chi connectivity index (χ1) is 14.6. The lowest BCUT2D eigenvalue weighted by Gasteiger charge is -2.39. The predicted octanol–water partition coefficient (Wildman–Crippen LogP) is -1.54. The topological polar surface area (TPSA) is 192 Å². The number of aliphatic imine (C=N–C) groups is 1. The molecule has 0 aromatic rings. The van der Waals surface area contributed by atoms with E-state index in [2.05, 4.69) is 36.9 Å². The van der Waals surface area contributed by atoms with Crippen LogP contribution < -0.4 is 27.4 Å². The molecule has 1 saturated carbocycles. The Balaban J connectivity index is 1.91. The van der Waals surface area contributed by atoms with Crippen LogP contribution in [0.15, 0.2) is 4.99 Å². The molecule has 1 heterocycles. The number of carbonyl (C=O) groups is 3. The number of nitrogens with zero attached hydrogens (tertiary/aromatic N) is 1. The van der Waals surface area contributed by atoms with Crippen LogP contribution in [0.3, 0.4) is 0 Å². The van der Waals surface area contributed by atoms with Crippen molar-refractivity contribution in [2.24, 2.45) is 28.3 Å². The van der Waals surface area contributed by atoms with Crippen molar-refractivity contribution in [2.45, 2.75) is 54.1 Å². The summed E-state index contributed by atoms with van der Waals surface area (Å²) >= 11 is 9.60. The lowest BCUT2D eigenvalue weighted by Crippen LogP contribution is -2.53. The van der Waals surface area contributed by atoms with Crippen LogP contribution in [0.2, 0.25) is 0 Å². The summed E-state index contributed by atoms with van der Waals surface area (Å²) in [5, 5.41) is 27.7. The molecule has 1 saturated heterocycles. The first-order valence-electron chi connectivity index (χ1n) is 10.1. The van der Waals surface area contributed by atoms with Crippen LogP contribution in [0.1, 0.15) is 25.7 Å². The molecule has 31 heavy (non-hydrogen) atoms. The zero-order chi connectivity index (χ0) is 23.1. The molecule has 0 aromatic heterocycles. The van der Waals surface area contributed by atoms with Crippen molar-refractivity contribution in [3.63, 3.8) is 0 Å². The van der Waals surface area contributed by atoms with Crippen molar-refractivity contribution in [1.29, 1.82) is 0 Å². The minimum absolute atomic E-state index is 0.0495. The second-order valence-electron chi connectivity index (χ2n) is 8.03. The van der Waals surface area contributed by atoms with Crippen LogP contribution in [0.4, 0.5) is 0 Å². The summed E-state index contributed by atoms with van der Waals surface area (Å²) in [6.07, 6.45) is 0.138. The van der Waals surface area contributed by atoms with Crippen molar-refractivity contribution < 1.29 is 24.6 Å². The number of hydrogen-bond donors (Lipinski definition) is 7. The van der Waals surface area contributed by atoms with Gasteiger partial charge in [0.25, 0.3) is 0 Å². The van der Waals surface area contributed by atoms with Crippen LogP contribution in [0.25, 0.3) is 0 Å². The van der Waals surface area contributed by atoms with Gasteiger partial charge in [-0.15, -0.1) is 11.6 Å². The Morgan fingerprint density at radius 3 is 2.58 bits per heavy atom. The molecular formula is C18H30BrClN6O5. The largest absolute Gasteiger partial charge is 0.481 e. The van der Waals surface area contributed by atoms with Crippen molar-refractivity contribution in [2.75, 3.05) is 19.6 Å². The monoisotopic (exact) mass is 524 g/mol. The number of aliphatic hydroxyl groups is 1. The van der Waals surface area contributed by atoms with Gasteiger partial charge in [-0.1, -0.05) is 15.9 Å². The maximum absolute atomic E-state index is 12.4. The van der Waals surface area contributed by atoms with E-state index in [1.54, 1.807) is 0 Å². The summed E-state index contributed by atoms with van der Waals surface area (Å²) in [6.45, 7) is 0.672. The molecule has 0 bridgehead atoms. The Morgan fingerprint density at radius 1 is 1.23 bits per heavy atom. The number of guanidine groups is 1. The van der Waals surface area contributed by atoms with E-state index in [-0.39, 0.29) is 41.1 Å². The number of carboxylic acids is 1. The van der Waals surface area contributed by atoms with Gasteiger partial charge in [0.05, 0.1) is 31.0 Å². The van der Waals surface area contributed by atoms with E-state index in [0.29, 0.717) is 32.4 Å². The first kappa shape index (κ1) is 25.6. The molecule has 2 fully saturated rings. The fourth-order valence-corrected chi connectivity index (χ4v) is 5.54. The van der Waals surface area contributed by atoms with E-state index >= 15 is 0 Å². The van der Waals surface area contributed by atoms with Crippen LogP contribution >= 0.6 is 27.5 Å². The lowest BCUT2D eigenvalue weighted by atomic mass is 9.80. The predicted molar refractivity (Wildman–Crippen MR) is 119 cm³/mol. The average molecular weight is 526 g/mol. The normalized spacial score (nSPS) is 31.8. The molecule has 7 unspecified atom stereocenters. The first-order valence-corrected chi connectivity index (χ1v) is 11.5. The molecule has 2 amide bonds. The number of carbonyl (C=O) groups excluding carboxylic acids is 2. The van der Waals surface area contributed by atoms with Gasteiger partial charge in [-0.3, -0.25) is 14.4 Å². The second-order valence-corrected chi connectivity index (χ2v) is 9.82. The quantitative estimate of drug-likeness (QED) is 0.112. The SMILES string of the molecule is NC(N)=NC1CNCC(C(=O)NCC(=O)NC(CC(=O)O)C2CC(Cl)CC(Br)C2O)C1. The molecule has 0 spiro atoms. The number of nitrogens with one attached hydrogen (secondary N) is 3. The molecular weight excluding hydrogens is 496 g/mol. The molecule has 176 valence electrons. The Bertz CT molecular complexity index is 694. The van der Waals surface area contributed by atoms with Gasteiger partial charge in [0, 0.05) is 35.3 Å². The van der Waals surface area contributed by atoms with Gasteiger partial charge in [-0.25, -0.2) is 4.99 Å². The Kier molecular flexibility index (Phi) is 9.79. The van der Waals surface area contributed by atoms with E-state index < -0.39 is 35.9 Å². The third-order valence-corrected chi connectivity index (χ3v) is 6.80. The van der Waals surface area contributed by atoms with Crippen molar-refractivity contribution in [1.82, 2.24) is 16.0 Å². The summed E-state index contributed by atoms with van der Waals surface area (Å²) in [7, 11) is 0. The highest BCUT2D eigenvalue weighted by Crippen LogP contribution is 2.35. The molecule has 0 radical (unpaired) electrons. The molecule has 1 aliphatic carbocycles. The maximum atomic E-state index is 12.4. The smallest absolute Gasteiger partial charge is 0.305 e. The number of nitrogens with two attached hydrogens (primary N) is 2. The van der Waals surface area contributed by atoms with Crippen molar-refractivity contribution in [3.05, 3.63) is 0 Å². The zero-order valence-electron chi connectivity index (χ0n) is 17.0. The molecule has 0 aromatic carbocycles. The van der Waals surface area contributed by atoms with Gasteiger partial charge < -0.3 is 37.6 Å². The van der Waals surface area contributed by atoms with Crippen molar-refractivity contribution in [3.8, 4) is 0 Å². The highest BCUT2D eigenvalue weighted by molar-refractivity contribution is 9.09. The summed E-state index contributed by atoms with van der Waals surface area (Å²) in [5.41, 5.74) is 10.8. The Morgan fingerprint density at radius 2 is 1.94 bits per heavy atom.